The number of hydrogen-bond acceptors (Lipinski definition) is 1. The van der Waals surface area contributed by atoms with Crippen LogP contribution in [-0.2, 0) is 6.42 Å². The predicted molar refractivity (Wildman–Crippen MR) is 67.3 cm³/mol. The Bertz CT molecular complexity index is 386. The summed E-state index contributed by atoms with van der Waals surface area (Å²) >= 11 is 1.91. The first-order chi connectivity index (χ1) is 7.40. The minimum atomic E-state index is 1.24. The molecular formula is C13H17NS. The highest BCUT2D eigenvalue weighted by molar-refractivity contribution is 7.15. The molecule has 0 fully saturated rings. The van der Waals surface area contributed by atoms with Gasteiger partial charge in [-0.25, -0.2) is 0 Å². The molecule has 0 spiro atoms. The maximum Gasteiger partial charge on any atom is 0.0555 e. The molecule has 0 atom stereocenters. The van der Waals surface area contributed by atoms with Gasteiger partial charge in [-0.05, 0) is 37.1 Å². The molecule has 2 rings (SSSR count). The van der Waals surface area contributed by atoms with E-state index >= 15 is 0 Å². The fraction of sp³-hybridized carbons (Fsp3) is 0.385. The first-order valence-electron chi connectivity index (χ1n) is 5.62. The number of H-pyrrole nitrogens is 1. The molecule has 0 radical (unpaired) electrons. The Morgan fingerprint density at radius 1 is 1.20 bits per heavy atom. The molecule has 0 aliphatic carbocycles. The summed E-state index contributed by atoms with van der Waals surface area (Å²) in [6.45, 7) is 2.25. The van der Waals surface area contributed by atoms with Gasteiger partial charge in [-0.1, -0.05) is 19.8 Å². The lowest BCUT2D eigenvalue weighted by atomic mass is 10.2. The van der Waals surface area contributed by atoms with Crippen LogP contribution in [0.4, 0.5) is 0 Å². The third kappa shape index (κ3) is 2.72. The van der Waals surface area contributed by atoms with Crippen molar-refractivity contribution < 1.29 is 0 Å². The number of hydrogen-bond donors (Lipinski definition) is 1. The average molecular weight is 219 g/mol. The molecule has 0 aliphatic heterocycles. The summed E-state index contributed by atoms with van der Waals surface area (Å²) in [6, 6.07) is 8.65. The Labute approximate surface area is 95.2 Å². The molecule has 0 saturated heterocycles. The third-order valence-corrected chi connectivity index (χ3v) is 3.73. The molecule has 0 bridgehead atoms. The minimum absolute atomic E-state index is 1.24. The highest BCUT2D eigenvalue weighted by Crippen LogP contribution is 2.27. The fourth-order valence-corrected chi connectivity index (χ4v) is 2.73. The molecular weight excluding hydrogens is 202 g/mol. The molecule has 1 nitrogen and oxygen atoms in total. The number of nitrogens with one attached hydrogen (secondary N) is 1. The van der Waals surface area contributed by atoms with Crippen molar-refractivity contribution in [2.24, 2.45) is 0 Å². The Balaban J connectivity index is 1.98. The van der Waals surface area contributed by atoms with Gasteiger partial charge in [-0.2, -0.15) is 0 Å². The lowest BCUT2D eigenvalue weighted by molar-refractivity contribution is 0.722. The SMILES string of the molecule is CCCCCc1ccc(-c2ccc[nH]2)s1. The number of rotatable bonds is 5. The number of thiophene rings is 1. The summed E-state index contributed by atoms with van der Waals surface area (Å²) in [6.07, 6.45) is 7.18. The summed E-state index contributed by atoms with van der Waals surface area (Å²) in [5.41, 5.74) is 1.24. The second-order valence-corrected chi connectivity index (χ2v) is 4.98. The largest absolute Gasteiger partial charge is 0.361 e. The predicted octanol–water partition coefficient (Wildman–Crippen LogP) is 4.48. The van der Waals surface area contributed by atoms with E-state index in [-0.39, 0.29) is 0 Å². The van der Waals surface area contributed by atoms with E-state index in [1.807, 2.05) is 23.6 Å². The minimum Gasteiger partial charge on any atom is -0.361 e. The van der Waals surface area contributed by atoms with E-state index in [2.05, 4.69) is 30.1 Å². The van der Waals surface area contributed by atoms with Crippen LogP contribution in [-0.4, -0.2) is 4.98 Å². The van der Waals surface area contributed by atoms with Gasteiger partial charge in [0.1, 0.15) is 0 Å². The van der Waals surface area contributed by atoms with Gasteiger partial charge in [0.25, 0.3) is 0 Å². The summed E-state index contributed by atoms with van der Waals surface area (Å²) in [5.74, 6) is 0. The smallest absolute Gasteiger partial charge is 0.0555 e. The van der Waals surface area contributed by atoms with Gasteiger partial charge < -0.3 is 4.98 Å². The van der Waals surface area contributed by atoms with Crippen LogP contribution in [0.25, 0.3) is 10.6 Å². The van der Waals surface area contributed by atoms with Gasteiger partial charge in [-0.15, -0.1) is 11.3 Å². The third-order valence-electron chi connectivity index (χ3n) is 2.55. The number of aromatic nitrogens is 1. The fourth-order valence-electron chi connectivity index (χ4n) is 1.69. The van der Waals surface area contributed by atoms with Crippen molar-refractivity contribution in [1.29, 1.82) is 0 Å². The summed E-state index contributed by atoms with van der Waals surface area (Å²) in [5, 5.41) is 0. The van der Waals surface area contributed by atoms with Crippen LogP contribution in [0.3, 0.4) is 0 Å². The van der Waals surface area contributed by atoms with Crippen LogP contribution in [0, 0.1) is 0 Å². The van der Waals surface area contributed by atoms with Gasteiger partial charge in [0.15, 0.2) is 0 Å². The van der Waals surface area contributed by atoms with Crippen molar-refractivity contribution in [3.05, 3.63) is 35.3 Å². The summed E-state index contributed by atoms with van der Waals surface area (Å²) in [4.78, 5) is 6.11. The summed E-state index contributed by atoms with van der Waals surface area (Å²) in [7, 11) is 0. The van der Waals surface area contributed by atoms with Gasteiger partial charge in [0.05, 0.1) is 10.6 Å². The van der Waals surface area contributed by atoms with Crippen LogP contribution in [0.1, 0.15) is 31.1 Å². The van der Waals surface area contributed by atoms with E-state index in [9.17, 15) is 0 Å². The van der Waals surface area contributed by atoms with Crippen LogP contribution in [0.5, 0.6) is 0 Å². The van der Waals surface area contributed by atoms with Crippen molar-refractivity contribution in [2.45, 2.75) is 32.6 Å². The standard InChI is InChI=1S/C13H17NS/c1-2-3-4-6-11-8-9-13(15-11)12-7-5-10-14-12/h5,7-10,14H,2-4,6H2,1H3. The zero-order valence-corrected chi connectivity index (χ0v) is 9.94. The Morgan fingerprint density at radius 3 is 2.87 bits per heavy atom. The van der Waals surface area contributed by atoms with E-state index in [0.717, 1.165) is 0 Å². The highest BCUT2D eigenvalue weighted by atomic mass is 32.1. The van der Waals surface area contributed by atoms with Crippen LogP contribution < -0.4 is 0 Å². The number of aryl methyl sites for hydroxylation is 1. The molecule has 15 heavy (non-hydrogen) atoms. The molecule has 1 N–H and O–H groups in total. The van der Waals surface area contributed by atoms with E-state index in [1.54, 1.807) is 0 Å². The van der Waals surface area contributed by atoms with Gasteiger partial charge >= 0.3 is 0 Å². The normalized spacial score (nSPS) is 10.7. The number of unbranched alkanes of at least 4 members (excludes halogenated alkanes) is 2. The maximum atomic E-state index is 3.24. The van der Waals surface area contributed by atoms with E-state index in [0.29, 0.717) is 0 Å². The Hall–Kier alpha value is -1.02. The van der Waals surface area contributed by atoms with Crippen molar-refractivity contribution >= 4 is 11.3 Å². The molecule has 2 aromatic heterocycles. The van der Waals surface area contributed by atoms with Crippen LogP contribution in [0.15, 0.2) is 30.5 Å². The molecule has 0 aliphatic rings. The Morgan fingerprint density at radius 2 is 2.13 bits per heavy atom. The second kappa shape index (κ2) is 5.17. The molecule has 0 unspecified atom stereocenters. The zero-order chi connectivity index (χ0) is 10.5. The van der Waals surface area contributed by atoms with Crippen molar-refractivity contribution in [3.63, 3.8) is 0 Å². The van der Waals surface area contributed by atoms with Crippen molar-refractivity contribution in [1.82, 2.24) is 4.98 Å². The van der Waals surface area contributed by atoms with E-state index in [4.69, 9.17) is 0 Å². The molecule has 2 heterocycles. The lowest BCUT2D eigenvalue weighted by Gasteiger charge is -1.95. The van der Waals surface area contributed by atoms with Crippen molar-refractivity contribution in [3.8, 4) is 10.6 Å². The molecule has 80 valence electrons. The average Bonchev–Trinajstić information content (AvgIpc) is 2.87. The maximum absolute atomic E-state index is 3.24. The van der Waals surface area contributed by atoms with Gasteiger partial charge in [0, 0.05) is 11.1 Å². The van der Waals surface area contributed by atoms with E-state index < -0.39 is 0 Å². The van der Waals surface area contributed by atoms with Crippen LogP contribution in [0.2, 0.25) is 0 Å². The molecule has 2 heteroatoms. The zero-order valence-electron chi connectivity index (χ0n) is 9.12. The molecule has 2 aromatic rings. The van der Waals surface area contributed by atoms with E-state index in [1.165, 1.54) is 41.1 Å². The Kier molecular flexibility index (Phi) is 3.62. The molecule has 0 amide bonds. The first kappa shape index (κ1) is 10.5. The van der Waals surface area contributed by atoms with Crippen molar-refractivity contribution in [2.75, 3.05) is 0 Å². The quantitative estimate of drug-likeness (QED) is 0.714. The number of aromatic amines is 1. The lowest BCUT2D eigenvalue weighted by Crippen LogP contribution is -1.78. The summed E-state index contributed by atoms with van der Waals surface area (Å²) < 4.78 is 0. The first-order valence-corrected chi connectivity index (χ1v) is 6.44. The molecule has 0 saturated carbocycles. The molecule has 0 aromatic carbocycles. The monoisotopic (exact) mass is 219 g/mol. The van der Waals surface area contributed by atoms with Crippen LogP contribution >= 0.6 is 11.3 Å². The topological polar surface area (TPSA) is 15.8 Å². The highest BCUT2D eigenvalue weighted by Gasteiger charge is 2.02. The van der Waals surface area contributed by atoms with Gasteiger partial charge in [-0.3, -0.25) is 0 Å². The van der Waals surface area contributed by atoms with Gasteiger partial charge in [0.2, 0.25) is 0 Å². The second-order valence-electron chi connectivity index (χ2n) is 3.81.